The van der Waals surface area contributed by atoms with E-state index in [0.29, 0.717) is 18.9 Å². The highest BCUT2D eigenvalue weighted by molar-refractivity contribution is 5.40. The Bertz CT molecular complexity index is 370. The lowest BCUT2D eigenvalue weighted by molar-refractivity contribution is 0.146. The third-order valence-electron chi connectivity index (χ3n) is 2.26. The highest BCUT2D eigenvalue weighted by Gasteiger charge is 2.09. The Labute approximate surface area is 75.7 Å². The number of rotatable bonds is 0. The van der Waals surface area contributed by atoms with Crippen LogP contribution in [-0.4, -0.2) is 18.2 Å². The van der Waals surface area contributed by atoms with Crippen molar-refractivity contribution in [2.45, 2.75) is 12.8 Å². The van der Waals surface area contributed by atoms with Gasteiger partial charge in [-0.1, -0.05) is 0 Å². The molecule has 4 heteroatoms. The second kappa shape index (κ2) is 3.22. The summed E-state index contributed by atoms with van der Waals surface area (Å²) in [6.45, 7) is 1.38. The van der Waals surface area contributed by atoms with E-state index in [1.54, 1.807) is 6.07 Å². The molecule has 0 saturated heterocycles. The maximum absolute atomic E-state index is 11.2. The summed E-state index contributed by atoms with van der Waals surface area (Å²) in [5.74, 6) is 0. The van der Waals surface area contributed by atoms with Crippen molar-refractivity contribution in [3.05, 3.63) is 27.7 Å². The van der Waals surface area contributed by atoms with Gasteiger partial charge in [-0.15, -0.1) is 0 Å². The van der Waals surface area contributed by atoms with Crippen LogP contribution in [0.25, 0.3) is 0 Å². The number of aromatic nitrogens is 1. The van der Waals surface area contributed by atoms with Crippen molar-refractivity contribution in [3.8, 4) is 0 Å². The van der Waals surface area contributed by atoms with Gasteiger partial charge in [0.05, 0.1) is 18.9 Å². The fourth-order valence-electron chi connectivity index (χ4n) is 1.53. The molecule has 1 aliphatic rings. The zero-order valence-electron chi connectivity index (χ0n) is 7.30. The Morgan fingerprint density at radius 2 is 2.15 bits per heavy atom. The SMILES string of the molecule is Nc1cc2c([nH]c1=O)CCOCC2. The second-order valence-electron chi connectivity index (χ2n) is 3.17. The number of fused-ring (bicyclic) bond motifs is 1. The summed E-state index contributed by atoms with van der Waals surface area (Å²) in [6.07, 6.45) is 1.60. The summed E-state index contributed by atoms with van der Waals surface area (Å²) >= 11 is 0. The summed E-state index contributed by atoms with van der Waals surface area (Å²) in [4.78, 5) is 14.0. The molecule has 1 aliphatic heterocycles. The van der Waals surface area contributed by atoms with Gasteiger partial charge in [-0.05, 0) is 18.1 Å². The van der Waals surface area contributed by atoms with Crippen molar-refractivity contribution >= 4 is 5.69 Å². The first-order chi connectivity index (χ1) is 6.27. The molecule has 0 aliphatic carbocycles. The van der Waals surface area contributed by atoms with Gasteiger partial charge in [-0.3, -0.25) is 4.79 Å². The number of hydrogen-bond donors (Lipinski definition) is 2. The van der Waals surface area contributed by atoms with E-state index in [9.17, 15) is 4.79 Å². The Balaban J connectivity index is 2.49. The maximum atomic E-state index is 11.2. The van der Waals surface area contributed by atoms with Gasteiger partial charge in [0.2, 0.25) is 0 Å². The molecule has 3 N–H and O–H groups in total. The summed E-state index contributed by atoms with van der Waals surface area (Å²) in [5.41, 5.74) is 7.68. The highest BCUT2D eigenvalue weighted by atomic mass is 16.5. The number of nitrogens with one attached hydrogen (secondary N) is 1. The molecular weight excluding hydrogens is 168 g/mol. The van der Waals surface area contributed by atoms with Crippen molar-refractivity contribution in [1.82, 2.24) is 4.98 Å². The molecule has 0 radical (unpaired) electrons. The van der Waals surface area contributed by atoms with Crippen LogP contribution in [0.3, 0.4) is 0 Å². The summed E-state index contributed by atoms with van der Waals surface area (Å²) in [5, 5.41) is 0. The Hall–Kier alpha value is -1.29. The highest BCUT2D eigenvalue weighted by Crippen LogP contribution is 2.12. The van der Waals surface area contributed by atoms with Crippen LogP contribution in [0, 0.1) is 0 Å². The zero-order chi connectivity index (χ0) is 9.26. The number of nitrogens with two attached hydrogens (primary N) is 1. The van der Waals surface area contributed by atoms with Crippen LogP contribution in [0.15, 0.2) is 10.9 Å². The zero-order valence-corrected chi connectivity index (χ0v) is 7.30. The average molecular weight is 180 g/mol. The predicted molar refractivity (Wildman–Crippen MR) is 49.7 cm³/mol. The molecule has 0 saturated carbocycles. The van der Waals surface area contributed by atoms with E-state index < -0.39 is 0 Å². The van der Waals surface area contributed by atoms with Crippen molar-refractivity contribution < 1.29 is 4.74 Å². The predicted octanol–water partition coefficient (Wildman–Crippen LogP) is 0.0723. The second-order valence-corrected chi connectivity index (χ2v) is 3.17. The molecule has 0 bridgehead atoms. The lowest BCUT2D eigenvalue weighted by Crippen LogP contribution is -2.15. The standard InChI is InChI=1S/C9H12N2O2/c10-7-5-6-1-3-13-4-2-8(6)11-9(7)12/h5H,1-4,10H2,(H,11,12). The maximum Gasteiger partial charge on any atom is 0.271 e. The minimum absolute atomic E-state index is 0.194. The van der Waals surface area contributed by atoms with Crippen molar-refractivity contribution in [1.29, 1.82) is 0 Å². The molecule has 13 heavy (non-hydrogen) atoms. The Morgan fingerprint density at radius 1 is 1.38 bits per heavy atom. The number of hydrogen-bond acceptors (Lipinski definition) is 3. The van der Waals surface area contributed by atoms with Gasteiger partial charge in [0.25, 0.3) is 5.56 Å². The quantitative estimate of drug-likeness (QED) is 0.593. The van der Waals surface area contributed by atoms with Gasteiger partial charge >= 0.3 is 0 Å². The number of H-pyrrole nitrogens is 1. The molecule has 0 aromatic carbocycles. The molecule has 4 nitrogen and oxygen atoms in total. The van der Waals surface area contributed by atoms with Crippen LogP contribution in [0.4, 0.5) is 5.69 Å². The topological polar surface area (TPSA) is 68.1 Å². The Morgan fingerprint density at radius 3 is 3.00 bits per heavy atom. The average Bonchev–Trinajstić information content (AvgIpc) is 2.31. The summed E-state index contributed by atoms with van der Waals surface area (Å²) in [6, 6.07) is 1.75. The first kappa shape index (κ1) is 8.31. The molecule has 2 rings (SSSR count). The lowest BCUT2D eigenvalue weighted by Gasteiger charge is -2.04. The molecule has 0 atom stereocenters. The number of aromatic amines is 1. The molecule has 2 heterocycles. The Kier molecular flexibility index (Phi) is 2.06. The molecule has 1 aromatic heterocycles. The van der Waals surface area contributed by atoms with E-state index >= 15 is 0 Å². The minimum atomic E-state index is -0.194. The molecule has 0 amide bonds. The van der Waals surface area contributed by atoms with E-state index in [0.717, 1.165) is 24.1 Å². The number of anilines is 1. The van der Waals surface area contributed by atoms with E-state index in [4.69, 9.17) is 10.5 Å². The van der Waals surface area contributed by atoms with Crippen LogP contribution < -0.4 is 11.3 Å². The van der Waals surface area contributed by atoms with Crippen LogP contribution in [0.1, 0.15) is 11.3 Å². The summed E-state index contributed by atoms with van der Waals surface area (Å²) < 4.78 is 5.29. The molecule has 70 valence electrons. The van der Waals surface area contributed by atoms with Crippen LogP contribution >= 0.6 is 0 Å². The first-order valence-electron chi connectivity index (χ1n) is 4.35. The van der Waals surface area contributed by atoms with E-state index in [1.165, 1.54) is 0 Å². The molecular formula is C9H12N2O2. The molecule has 0 fully saturated rings. The van der Waals surface area contributed by atoms with Crippen LogP contribution in [0.5, 0.6) is 0 Å². The molecule has 1 aromatic rings. The van der Waals surface area contributed by atoms with Gasteiger partial charge < -0.3 is 15.5 Å². The van der Waals surface area contributed by atoms with Crippen molar-refractivity contribution in [2.75, 3.05) is 18.9 Å². The van der Waals surface area contributed by atoms with E-state index in [1.807, 2.05) is 0 Å². The third-order valence-corrected chi connectivity index (χ3v) is 2.26. The first-order valence-corrected chi connectivity index (χ1v) is 4.35. The third kappa shape index (κ3) is 1.58. The lowest BCUT2D eigenvalue weighted by atomic mass is 10.1. The summed E-state index contributed by atoms with van der Waals surface area (Å²) in [7, 11) is 0. The van der Waals surface area contributed by atoms with Gasteiger partial charge in [-0.25, -0.2) is 0 Å². The van der Waals surface area contributed by atoms with Gasteiger partial charge in [0.15, 0.2) is 0 Å². The number of ether oxygens (including phenoxy) is 1. The van der Waals surface area contributed by atoms with Crippen LogP contribution in [0.2, 0.25) is 0 Å². The molecule has 0 unspecified atom stereocenters. The van der Waals surface area contributed by atoms with E-state index in [2.05, 4.69) is 4.98 Å². The largest absolute Gasteiger partial charge is 0.394 e. The minimum Gasteiger partial charge on any atom is -0.394 e. The fourth-order valence-corrected chi connectivity index (χ4v) is 1.53. The monoisotopic (exact) mass is 180 g/mol. The molecule has 0 spiro atoms. The normalized spacial score (nSPS) is 16.3. The van der Waals surface area contributed by atoms with E-state index in [-0.39, 0.29) is 5.56 Å². The van der Waals surface area contributed by atoms with Crippen LogP contribution in [-0.2, 0) is 17.6 Å². The van der Waals surface area contributed by atoms with Crippen molar-refractivity contribution in [3.63, 3.8) is 0 Å². The van der Waals surface area contributed by atoms with Gasteiger partial charge in [0, 0.05) is 12.1 Å². The number of nitrogen functional groups attached to an aromatic ring is 1. The van der Waals surface area contributed by atoms with Gasteiger partial charge in [0.1, 0.15) is 0 Å². The fraction of sp³-hybridized carbons (Fsp3) is 0.444. The van der Waals surface area contributed by atoms with Gasteiger partial charge in [-0.2, -0.15) is 0 Å². The van der Waals surface area contributed by atoms with Crippen molar-refractivity contribution in [2.24, 2.45) is 0 Å². The number of pyridine rings is 1. The smallest absolute Gasteiger partial charge is 0.271 e.